The van der Waals surface area contributed by atoms with Crippen LogP contribution < -0.4 is 0 Å². The van der Waals surface area contributed by atoms with Crippen LogP contribution in [0.5, 0.6) is 0 Å². The van der Waals surface area contributed by atoms with Gasteiger partial charge in [-0.25, -0.2) is 0 Å². The predicted octanol–water partition coefficient (Wildman–Crippen LogP) is 3.71. The fourth-order valence-electron chi connectivity index (χ4n) is 1.63. The van der Waals surface area contributed by atoms with Gasteiger partial charge in [-0.1, -0.05) is 26.7 Å². The van der Waals surface area contributed by atoms with Crippen LogP contribution in [0.15, 0.2) is 11.4 Å². The van der Waals surface area contributed by atoms with Crippen LogP contribution >= 0.6 is 11.3 Å². The Morgan fingerprint density at radius 1 is 1.06 bits per heavy atom. The molecular formula is C14H28O2SSi. The summed E-state index contributed by atoms with van der Waals surface area (Å²) in [5, 5.41) is 2.25. The molecule has 1 aromatic rings. The van der Waals surface area contributed by atoms with Gasteiger partial charge in [0.05, 0.1) is 0 Å². The van der Waals surface area contributed by atoms with Crippen molar-refractivity contribution < 1.29 is 8.85 Å². The molecule has 0 bridgehead atoms. The van der Waals surface area contributed by atoms with Crippen LogP contribution in [-0.4, -0.2) is 24.2 Å². The maximum atomic E-state index is 4.61. The van der Waals surface area contributed by atoms with E-state index in [4.69, 9.17) is 0 Å². The lowest BCUT2D eigenvalue weighted by Crippen LogP contribution is -1.93. The first-order valence-corrected chi connectivity index (χ1v) is 8.86. The quantitative estimate of drug-likeness (QED) is 0.679. The second-order valence-electron chi connectivity index (χ2n) is 4.27. The minimum absolute atomic E-state index is 0.568. The summed E-state index contributed by atoms with van der Waals surface area (Å²) in [6.45, 7) is 4.53. The molecule has 0 saturated carbocycles. The zero-order chi connectivity index (χ0) is 13.6. The fraction of sp³-hybridized carbons (Fsp3) is 0.714. The van der Waals surface area contributed by atoms with Gasteiger partial charge in [0.1, 0.15) is 0 Å². The second kappa shape index (κ2) is 13.3. The molecule has 1 rings (SSSR count). The summed E-state index contributed by atoms with van der Waals surface area (Å²) in [5.41, 5.74) is 1.61. The van der Waals surface area contributed by atoms with Gasteiger partial charge in [0.15, 0.2) is 0 Å². The lowest BCUT2D eigenvalue weighted by molar-refractivity contribution is 0.309. The Labute approximate surface area is 119 Å². The average Bonchev–Trinajstić information content (AvgIpc) is 2.83. The van der Waals surface area contributed by atoms with E-state index >= 15 is 0 Å². The summed E-state index contributed by atoms with van der Waals surface area (Å²) >= 11 is 1.94. The fourth-order valence-corrected chi connectivity index (χ4v) is 2.85. The highest BCUT2D eigenvalue weighted by molar-refractivity contribution is 7.10. The van der Waals surface area contributed by atoms with E-state index in [-0.39, 0.29) is 0 Å². The first-order valence-electron chi connectivity index (χ1n) is 6.83. The van der Waals surface area contributed by atoms with Gasteiger partial charge >= 0.3 is 10.0 Å². The Balaban J connectivity index is 0.000000494. The van der Waals surface area contributed by atoms with Gasteiger partial charge in [-0.15, -0.1) is 11.3 Å². The Kier molecular flexibility index (Phi) is 13.2. The predicted molar refractivity (Wildman–Crippen MR) is 84.1 cm³/mol. The molecule has 18 heavy (non-hydrogen) atoms. The van der Waals surface area contributed by atoms with Crippen molar-refractivity contribution in [2.45, 2.75) is 52.4 Å². The molecule has 0 amide bonds. The summed E-state index contributed by atoms with van der Waals surface area (Å²) < 4.78 is 9.22. The summed E-state index contributed by atoms with van der Waals surface area (Å²) in [6.07, 6.45) is 7.90. The van der Waals surface area contributed by atoms with Crippen molar-refractivity contribution in [3.8, 4) is 0 Å². The summed E-state index contributed by atoms with van der Waals surface area (Å²) in [4.78, 5) is 1.63. The van der Waals surface area contributed by atoms with Crippen molar-refractivity contribution in [3.63, 3.8) is 0 Å². The lowest BCUT2D eigenvalue weighted by atomic mass is 10.1. The third kappa shape index (κ3) is 8.86. The zero-order valence-corrected chi connectivity index (χ0v) is 14.6. The smallest absolute Gasteiger partial charge is 0.303 e. The van der Waals surface area contributed by atoms with Crippen LogP contribution in [0.1, 0.15) is 50.0 Å². The van der Waals surface area contributed by atoms with Crippen LogP contribution in [-0.2, 0) is 21.7 Å². The molecule has 0 aromatic carbocycles. The van der Waals surface area contributed by atoms with Gasteiger partial charge in [-0.2, -0.15) is 0 Å². The van der Waals surface area contributed by atoms with E-state index in [9.17, 15) is 0 Å². The van der Waals surface area contributed by atoms with E-state index in [1.54, 1.807) is 24.7 Å². The molecule has 106 valence electrons. The third-order valence-electron chi connectivity index (χ3n) is 2.63. The number of rotatable bonds is 8. The number of hydrogen-bond donors (Lipinski definition) is 0. The summed E-state index contributed by atoms with van der Waals surface area (Å²) in [5.74, 6) is 0. The SMILES string of the molecule is CCCCc1ccsc1CCCC.CO[SiH2]OC. The summed E-state index contributed by atoms with van der Waals surface area (Å²) in [7, 11) is 2.73. The topological polar surface area (TPSA) is 18.5 Å². The largest absolute Gasteiger partial charge is 0.402 e. The van der Waals surface area contributed by atoms with Gasteiger partial charge in [0, 0.05) is 19.1 Å². The molecule has 0 radical (unpaired) electrons. The lowest BCUT2D eigenvalue weighted by Gasteiger charge is -2.01. The standard InChI is InChI=1S/C12H20S.C2H8O2Si/c1-3-5-7-11-9-10-13-12(11)8-6-4-2;1-3-5-4-2/h9-10H,3-8H2,1-2H3;5H2,1-2H3. The van der Waals surface area contributed by atoms with Crippen molar-refractivity contribution in [1.82, 2.24) is 0 Å². The highest BCUT2D eigenvalue weighted by Gasteiger charge is 2.02. The Morgan fingerprint density at radius 2 is 1.67 bits per heavy atom. The van der Waals surface area contributed by atoms with E-state index in [0.29, 0.717) is 0 Å². The van der Waals surface area contributed by atoms with Crippen molar-refractivity contribution in [2.24, 2.45) is 0 Å². The Hall–Kier alpha value is -0.163. The molecule has 4 heteroatoms. The Bertz CT molecular complexity index is 252. The molecular weight excluding hydrogens is 260 g/mol. The van der Waals surface area contributed by atoms with Crippen LogP contribution in [0.4, 0.5) is 0 Å². The highest BCUT2D eigenvalue weighted by atomic mass is 32.1. The van der Waals surface area contributed by atoms with Crippen molar-refractivity contribution in [1.29, 1.82) is 0 Å². The van der Waals surface area contributed by atoms with Crippen LogP contribution in [0.3, 0.4) is 0 Å². The molecule has 0 unspecified atom stereocenters. The molecule has 2 nitrogen and oxygen atoms in total. The van der Waals surface area contributed by atoms with Gasteiger partial charge in [-0.05, 0) is 42.7 Å². The molecule has 0 aliphatic rings. The van der Waals surface area contributed by atoms with Crippen LogP contribution in [0, 0.1) is 0 Å². The zero-order valence-electron chi connectivity index (χ0n) is 12.3. The van der Waals surface area contributed by atoms with E-state index in [1.165, 1.54) is 38.5 Å². The minimum atomic E-state index is -0.568. The van der Waals surface area contributed by atoms with Gasteiger partial charge in [-0.3, -0.25) is 0 Å². The van der Waals surface area contributed by atoms with Gasteiger partial charge in [0.25, 0.3) is 0 Å². The van der Waals surface area contributed by atoms with Crippen molar-refractivity contribution in [2.75, 3.05) is 14.2 Å². The molecule has 1 heterocycles. The normalized spacial score (nSPS) is 10.0. The number of aryl methyl sites for hydroxylation is 2. The van der Waals surface area contributed by atoms with E-state index in [2.05, 4.69) is 34.1 Å². The van der Waals surface area contributed by atoms with Crippen molar-refractivity contribution in [3.05, 3.63) is 21.9 Å². The number of hydrogen-bond acceptors (Lipinski definition) is 3. The molecule has 0 saturated heterocycles. The first kappa shape index (κ1) is 17.8. The molecule has 1 aromatic heterocycles. The van der Waals surface area contributed by atoms with Crippen LogP contribution in [0.2, 0.25) is 0 Å². The maximum absolute atomic E-state index is 4.61. The molecule has 0 atom stereocenters. The molecule has 0 N–H and O–H groups in total. The number of thiophene rings is 1. The van der Waals surface area contributed by atoms with Gasteiger partial charge in [0.2, 0.25) is 0 Å². The molecule has 0 aliphatic heterocycles. The van der Waals surface area contributed by atoms with E-state index < -0.39 is 10.0 Å². The average molecular weight is 289 g/mol. The summed E-state index contributed by atoms with van der Waals surface area (Å²) in [6, 6.07) is 2.31. The van der Waals surface area contributed by atoms with Gasteiger partial charge < -0.3 is 8.85 Å². The maximum Gasteiger partial charge on any atom is 0.303 e. The minimum Gasteiger partial charge on any atom is -0.402 e. The molecule has 0 fully saturated rings. The highest BCUT2D eigenvalue weighted by Crippen LogP contribution is 2.20. The third-order valence-corrected chi connectivity index (χ3v) is 4.12. The van der Waals surface area contributed by atoms with E-state index in [1.807, 2.05) is 11.3 Å². The number of unbranched alkanes of at least 4 members (excludes halogenated alkanes) is 2. The molecule has 0 aliphatic carbocycles. The first-order chi connectivity index (χ1) is 8.79. The monoisotopic (exact) mass is 288 g/mol. The molecule has 0 spiro atoms. The van der Waals surface area contributed by atoms with Crippen LogP contribution in [0.25, 0.3) is 0 Å². The second-order valence-corrected chi connectivity index (χ2v) is 6.66. The van der Waals surface area contributed by atoms with E-state index in [0.717, 1.165) is 0 Å². The Morgan fingerprint density at radius 3 is 2.17 bits per heavy atom. The van der Waals surface area contributed by atoms with Crippen molar-refractivity contribution >= 4 is 21.3 Å².